The number of aromatic amines is 1. The van der Waals surface area contributed by atoms with E-state index in [0.29, 0.717) is 10.6 Å². The van der Waals surface area contributed by atoms with Crippen LogP contribution in [0.2, 0.25) is 5.02 Å². The molecule has 3 nitrogen and oxygen atoms in total. The third-order valence-corrected chi connectivity index (χ3v) is 2.98. The number of hydrogen-bond acceptors (Lipinski definition) is 2. The summed E-state index contributed by atoms with van der Waals surface area (Å²) in [5.41, 5.74) is 3.25. The molecule has 0 aliphatic carbocycles. The normalized spacial score (nSPS) is 10.7. The lowest BCUT2D eigenvalue weighted by Gasteiger charge is -1.96. The lowest BCUT2D eigenvalue weighted by molar-refractivity contribution is 0.112. The lowest BCUT2D eigenvalue weighted by atomic mass is 10.1. The number of benzene rings is 2. The lowest BCUT2D eigenvalue weighted by Crippen LogP contribution is -1.83. The fourth-order valence-electron chi connectivity index (χ4n) is 1.88. The van der Waals surface area contributed by atoms with Crippen molar-refractivity contribution in [2.24, 2.45) is 0 Å². The van der Waals surface area contributed by atoms with Crippen LogP contribution in [-0.2, 0) is 0 Å². The molecule has 0 unspecified atom stereocenters. The van der Waals surface area contributed by atoms with Crippen molar-refractivity contribution >= 4 is 28.9 Å². The molecule has 0 saturated heterocycles. The van der Waals surface area contributed by atoms with E-state index < -0.39 is 0 Å². The Kier molecular flexibility index (Phi) is 2.61. The Morgan fingerprint density at radius 3 is 2.89 bits per heavy atom. The highest BCUT2D eigenvalue weighted by molar-refractivity contribution is 6.31. The van der Waals surface area contributed by atoms with Crippen LogP contribution in [0.5, 0.6) is 0 Å². The van der Waals surface area contributed by atoms with E-state index in [0.717, 1.165) is 28.7 Å². The summed E-state index contributed by atoms with van der Waals surface area (Å²) in [6.45, 7) is 0. The molecule has 3 rings (SSSR count). The molecule has 0 aliphatic rings. The second-order valence-electron chi connectivity index (χ2n) is 3.99. The van der Waals surface area contributed by atoms with Crippen LogP contribution in [0.15, 0.2) is 42.5 Å². The first-order valence-corrected chi connectivity index (χ1v) is 5.85. The standard InChI is InChI=1S/C14H9ClN2O/c15-11-4-5-12-13(7-11)17-14(16-12)10-3-1-2-9(6-10)8-18/h1-8H,(H,16,17). The van der Waals surface area contributed by atoms with Crippen molar-refractivity contribution in [3.05, 3.63) is 53.1 Å². The maximum atomic E-state index is 10.8. The molecule has 1 aromatic heterocycles. The summed E-state index contributed by atoms with van der Waals surface area (Å²) in [4.78, 5) is 18.4. The summed E-state index contributed by atoms with van der Waals surface area (Å²) >= 11 is 5.93. The van der Waals surface area contributed by atoms with Crippen LogP contribution in [0.4, 0.5) is 0 Å². The molecule has 0 atom stereocenters. The molecule has 0 spiro atoms. The van der Waals surface area contributed by atoms with Crippen LogP contribution in [0.3, 0.4) is 0 Å². The van der Waals surface area contributed by atoms with Crippen LogP contribution in [0.25, 0.3) is 22.4 Å². The zero-order valence-corrected chi connectivity index (χ0v) is 10.1. The number of H-pyrrole nitrogens is 1. The van der Waals surface area contributed by atoms with Crippen molar-refractivity contribution in [3.63, 3.8) is 0 Å². The Hall–Kier alpha value is -2.13. The van der Waals surface area contributed by atoms with Gasteiger partial charge in [-0.1, -0.05) is 29.8 Å². The Balaban J connectivity index is 2.15. The van der Waals surface area contributed by atoms with E-state index in [4.69, 9.17) is 11.6 Å². The number of imidazole rings is 1. The Bertz CT molecular complexity index is 733. The van der Waals surface area contributed by atoms with Crippen molar-refractivity contribution in [2.75, 3.05) is 0 Å². The summed E-state index contributed by atoms with van der Waals surface area (Å²) in [6, 6.07) is 12.8. The van der Waals surface area contributed by atoms with Gasteiger partial charge in [-0.3, -0.25) is 4.79 Å². The van der Waals surface area contributed by atoms with Gasteiger partial charge in [0, 0.05) is 16.1 Å². The third kappa shape index (κ3) is 1.89. The fourth-order valence-corrected chi connectivity index (χ4v) is 2.05. The molecule has 1 heterocycles. The highest BCUT2D eigenvalue weighted by atomic mass is 35.5. The van der Waals surface area contributed by atoms with Crippen LogP contribution in [0.1, 0.15) is 10.4 Å². The molecule has 18 heavy (non-hydrogen) atoms. The molecule has 0 bridgehead atoms. The minimum atomic E-state index is 0.631. The van der Waals surface area contributed by atoms with Gasteiger partial charge < -0.3 is 4.98 Å². The molecular formula is C14H9ClN2O. The largest absolute Gasteiger partial charge is 0.338 e. The van der Waals surface area contributed by atoms with Gasteiger partial charge in [0.15, 0.2) is 0 Å². The average Bonchev–Trinajstić information content (AvgIpc) is 2.81. The molecule has 0 amide bonds. The number of aromatic nitrogens is 2. The maximum absolute atomic E-state index is 10.8. The summed E-state index contributed by atoms with van der Waals surface area (Å²) in [6.07, 6.45) is 0.822. The molecular weight excluding hydrogens is 248 g/mol. The summed E-state index contributed by atoms with van der Waals surface area (Å²) in [5.74, 6) is 0.732. The molecule has 0 saturated carbocycles. The predicted octanol–water partition coefficient (Wildman–Crippen LogP) is 3.70. The van der Waals surface area contributed by atoms with E-state index in [-0.39, 0.29) is 0 Å². The minimum absolute atomic E-state index is 0.631. The summed E-state index contributed by atoms with van der Waals surface area (Å²) in [7, 11) is 0. The molecule has 4 heteroatoms. The van der Waals surface area contributed by atoms with Gasteiger partial charge in [0.05, 0.1) is 11.0 Å². The Morgan fingerprint density at radius 1 is 1.17 bits per heavy atom. The number of nitrogens with zero attached hydrogens (tertiary/aromatic N) is 1. The van der Waals surface area contributed by atoms with Crippen molar-refractivity contribution in [2.45, 2.75) is 0 Å². The first-order valence-electron chi connectivity index (χ1n) is 5.47. The number of carbonyl (C=O) groups is 1. The number of aldehydes is 1. The van der Waals surface area contributed by atoms with E-state index in [1.54, 1.807) is 18.2 Å². The summed E-state index contributed by atoms with van der Waals surface area (Å²) < 4.78 is 0. The average molecular weight is 257 g/mol. The summed E-state index contributed by atoms with van der Waals surface area (Å²) in [5, 5.41) is 0.666. The van der Waals surface area contributed by atoms with Gasteiger partial charge in [0.2, 0.25) is 0 Å². The predicted molar refractivity (Wildman–Crippen MR) is 71.9 cm³/mol. The van der Waals surface area contributed by atoms with E-state index >= 15 is 0 Å². The monoisotopic (exact) mass is 256 g/mol. The Labute approximate surface area is 108 Å². The molecule has 3 aromatic rings. The van der Waals surface area contributed by atoms with Crippen LogP contribution >= 0.6 is 11.6 Å². The zero-order chi connectivity index (χ0) is 12.5. The second-order valence-corrected chi connectivity index (χ2v) is 4.43. The molecule has 0 aliphatic heterocycles. The highest BCUT2D eigenvalue weighted by Crippen LogP contribution is 2.23. The SMILES string of the molecule is O=Cc1cccc(-c2nc3ccc(Cl)cc3[nH]2)c1. The number of halogens is 1. The van der Waals surface area contributed by atoms with Gasteiger partial charge in [-0.15, -0.1) is 0 Å². The quantitative estimate of drug-likeness (QED) is 0.711. The van der Waals surface area contributed by atoms with Crippen LogP contribution in [-0.4, -0.2) is 16.3 Å². The van der Waals surface area contributed by atoms with E-state index in [1.165, 1.54) is 0 Å². The first-order chi connectivity index (χ1) is 8.76. The number of nitrogens with one attached hydrogen (secondary N) is 1. The van der Waals surface area contributed by atoms with Gasteiger partial charge >= 0.3 is 0 Å². The smallest absolute Gasteiger partial charge is 0.150 e. The van der Waals surface area contributed by atoms with Crippen LogP contribution < -0.4 is 0 Å². The van der Waals surface area contributed by atoms with E-state index in [9.17, 15) is 4.79 Å². The van der Waals surface area contributed by atoms with E-state index in [1.807, 2.05) is 24.3 Å². The van der Waals surface area contributed by atoms with Gasteiger partial charge in [-0.2, -0.15) is 0 Å². The van der Waals surface area contributed by atoms with Crippen molar-refractivity contribution in [3.8, 4) is 11.4 Å². The number of fused-ring (bicyclic) bond motifs is 1. The molecule has 88 valence electrons. The maximum Gasteiger partial charge on any atom is 0.150 e. The third-order valence-electron chi connectivity index (χ3n) is 2.74. The molecule has 0 fully saturated rings. The first kappa shape index (κ1) is 11.0. The van der Waals surface area contributed by atoms with Gasteiger partial charge in [0.1, 0.15) is 12.1 Å². The second kappa shape index (κ2) is 4.27. The van der Waals surface area contributed by atoms with Gasteiger partial charge in [0.25, 0.3) is 0 Å². The topological polar surface area (TPSA) is 45.8 Å². The number of hydrogen-bond donors (Lipinski definition) is 1. The highest BCUT2D eigenvalue weighted by Gasteiger charge is 2.06. The van der Waals surface area contributed by atoms with E-state index in [2.05, 4.69) is 9.97 Å². The van der Waals surface area contributed by atoms with Crippen molar-refractivity contribution < 1.29 is 4.79 Å². The molecule has 0 radical (unpaired) electrons. The van der Waals surface area contributed by atoms with Gasteiger partial charge in [-0.25, -0.2) is 4.98 Å². The fraction of sp³-hybridized carbons (Fsp3) is 0. The molecule has 1 N–H and O–H groups in total. The number of rotatable bonds is 2. The van der Waals surface area contributed by atoms with Gasteiger partial charge in [-0.05, 0) is 24.3 Å². The van der Waals surface area contributed by atoms with Crippen molar-refractivity contribution in [1.29, 1.82) is 0 Å². The van der Waals surface area contributed by atoms with Crippen molar-refractivity contribution in [1.82, 2.24) is 9.97 Å². The number of carbonyl (C=O) groups excluding carboxylic acids is 1. The minimum Gasteiger partial charge on any atom is -0.338 e. The Morgan fingerprint density at radius 2 is 2.06 bits per heavy atom. The molecule has 2 aromatic carbocycles. The zero-order valence-electron chi connectivity index (χ0n) is 9.35. The van der Waals surface area contributed by atoms with Crippen LogP contribution in [0, 0.1) is 0 Å².